The van der Waals surface area contributed by atoms with Crippen LogP contribution in [0.4, 0.5) is 0 Å². The van der Waals surface area contributed by atoms with Gasteiger partial charge in [0, 0.05) is 30.2 Å². The van der Waals surface area contributed by atoms with E-state index < -0.39 is 0 Å². The molecule has 0 radical (unpaired) electrons. The first-order valence-corrected chi connectivity index (χ1v) is 9.42. The molecule has 1 aliphatic heterocycles. The van der Waals surface area contributed by atoms with Crippen molar-refractivity contribution in [3.8, 4) is 0 Å². The molecule has 0 saturated carbocycles. The van der Waals surface area contributed by atoms with Gasteiger partial charge in [-0.15, -0.1) is 0 Å². The minimum absolute atomic E-state index is 0.0247. The van der Waals surface area contributed by atoms with Gasteiger partial charge in [-0.3, -0.25) is 9.78 Å². The Morgan fingerprint density at radius 3 is 3.00 bits per heavy atom. The molecule has 0 unspecified atom stereocenters. The van der Waals surface area contributed by atoms with Crippen LogP contribution in [0.2, 0.25) is 0 Å². The topological polar surface area (TPSA) is 55.6 Å². The number of aryl methyl sites for hydroxylation is 2. The molecule has 3 aromatic rings. The number of carbonyl (C=O) groups excluding carboxylic acids is 1. The van der Waals surface area contributed by atoms with Crippen LogP contribution >= 0.6 is 0 Å². The number of likely N-dealkylation sites (tertiary alicyclic amines) is 1. The molecule has 1 aliphatic rings. The number of ether oxygens (including phenoxy) is 1. The van der Waals surface area contributed by atoms with Crippen LogP contribution < -0.4 is 0 Å². The number of aromatic nitrogens is 1. The molecule has 0 N–H and O–H groups in total. The van der Waals surface area contributed by atoms with Gasteiger partial charge in [0.2, 0.25) is 0 Å². The molecule has 4 rings (SSSR count). The van der Waals surface area contributed by atoms with Crippen molar-refractivity contribution in [3.05, 3.63) is 65.2 Å². The Morgan fingerprint density at radius 1 is 1.30 bits per heavy atom. The van der Waals surface area contributed by atoms with E-state index >= 15 is 0 Å². The van der Waals surface area contributed by atoms with E-state index in [-0.39, 0.29) is 12.0 Å². The van der Waals surface area contributed by atoms with Crippen LogP contribution in [0, 0.1) is 13.8 Å². The van der Waals surface area contributed by atoms with E-state index in [4.69, 9.17) is 9.15 Å². The molecule has 1 aromatic carbocycles. The van der Waals surface area contributed by atoms with Crippen molar-refractivity contribution in [2.24, 2.45) is 0 Å². The van der Waals surface area contributed by atoms with Crippen molar-refractivity contribution >= 4 is 16.9 Å². The first-order valence-electron chi connectivity index (χ1n) is 9.42. The van der Waals surface area contributed by atoms with Gasteiger partial charge in [0.25, 0.3) is 5.91 Å². The Hall–Kier alpha value is -2.66. The molecule has 1 amide bonds. The molecule has 5 heteroatoms. The lowest BCUT2D eigenvalue weighted by molar-refractivity contribution is -0.00861. The van der Waals surface area contributed by atoms with Gasteiger partial charge in [0.1, 0.15) is 5.58 Å². The summed E-state index contributed by atoms with van der Waals surface area (Å²) in [6, 6.07) is 11.8. The summed E-state index contributed by atoms with van der Waals surface area (Å²) < 4.78 is 11.9. The van der Waals surface area contributed by atoms with Gasteiger partial charge >= 0.3 is 0 Å². The van der Waals surface area contributed by atoms with E-state index in [1.54, 1.807) is 6.20 Å². The highest BCUT2D eigenvalue weighted by Crippen LogP contribution is 2.28. The second kappa shape index (κ2) is 7.53. The fourth-order valence-electron chi connectivity index (χ4n) is 3.63. The predicted octanol–water partition coefficient (Wildman–Crippen LogP) is 4.27. The highest BCUT2D eigenvalue weighted by molar-refractivity contribution is 5.99. The average Bonchev–Trinajstić information content (AvgIpc) is 3.02. The Balaban J connectivity index is 1.46. The summed E-state index contributed by atoms with van der Waals surface area (Å²) in [5.74, 6) is 0.397. The molecule has 27 heavy (non-hydrogen) atoms. The molecule has 140 valence electrons. The fraction of sp³-hybridized carbons (Fsp3) is 0.364. The third-order valence-corrected chi connectivity index (χ3v) is 5.15. The molecule has 1 fully saturated rings. The number of pyridine rings is 1. The van der Waals surface area contributed by atoms with Crippen molar-refractivity contribution in [3.63, 3.8) is 0 Å². The molecule has 1 saturated heterocycles. The van der Waals surface area contributed by atoms with Gasteiger partial charge in [-0.05, 0) is 50.5 Å². The zero-order valence-corrected chi connectivity index (χ0v) is 15.8. The molecule has 1 atom stereocenters. The molecule has 0 bridgehead atoms. The van der Waals surface area contributed by atoms with Crippen LogP contribution in [0.3, 0.4) is 0 Å². The first-order chi connectivity index (χ1) is 13.1. The van der Waals surface area contributed by atoms with Crippen LogP contribution in [0.1, 0.15) is 40.2 Å². The van der Waals surface area contributed by atoms with Gasteiger partial charge in [0.15, 0.2) is 5.76 Å². The summed E-state index contributed by atoms with van der Waals surface area (Å²) >= 11 is 0. The zero-order chi connectivity index (χ0) is 18.8. The standard InChI is InChI=1S/C22H24N2O3/c1-15-8-9-19-16(2)21(27-20(19)12-15)22(25)24-11-5-7-18(13-24)26-14-17-6-3-4-10-23-17/h3-4,6,8-10,12,18H,5,7,11,13-14H2,1-2H3/t18-/m0/s1. The Labute approximate surface area is 158 Å². The zero-order valence-electron chi connectivity index (χ0n) is 15.8. The lowest BCUT2D eigenvalue weighted by Crippen LogP contribution is -2.43. The number of carbonyl (C=O) groups is 1. The molecule has 3 heterocycles. The number of nitrogens with zero attached hydrogens (tertiary/aromatic N) is 2. The van der Waals surface area contributed by atoms with Crippen molar-refractivity contribution < 1.29 is 13.9 Å². The number of piperidine rings is 1. The minimum atomic E-state index is -0.0486. The van der Waals surface area contributed by atoms with E-state index in [2.05, 4.69) is 4.98 Å². The first kappa shape index (κ1) is 17.7. The highest BCUT2D eigenvalue weighted by Gasteiger charge is 2.28. The van der Waals surface area contributed by atoms with Crippen molar-refractivity contribution in [1.29, 1.82) is 0 Å². The summed E-state index contributed by atoms with van der Waals surface area (Å²) in [6.45, 7) is 5.76. The van der Waals surface area contributed by atoms with Crippen LogP contribution in [0.15, 0.2) is 47.0 Å². The number of benzene rings is 1. The van der Waals surface area contributed by atoms with E-state index in [9.17, 15) is 4.79 Å². The highest BCUT2D eigenvalue weighted by atomic mass is 16.5. The third kappa shape index (κ3) is 3.74. The molecular weight excluding hydrogens is 340 g/mol. The maximum Gasteiger partial charge on any atom is 0.289 e. The quantitative estimate of drug-likeness (QED) is 0.694. The summed E-state index contributed by atoms with van der Waals surface area (Å²) in [6.07, 6.45) is 3.67. The second-order valence-corrected chi connectivity index (χ2v) is 7.20. The second-order valence-electron chi connectivity index (χ2n) is 7.20. The van der Waals surface area contributed by atoms with Crippen molar-refractivity contribution in [1.82, 2.24) is 9.88 Å². The summed E-state index contributed by atoms with van der Waals surface area (Å²) in [4.78, 5) is 19.2. The number of rotatable bonds is 4. The monoisotopic (exact) mass is 364 g/mol. The van der Waals surface area contributed by atoms with Gasteiger partial charge in [-0.2, -0.15) is 0 Å². The van der Waals surface area contributed by atoms with Gasteiger partial charge in [0.05, 0.1) is 18.4 Å². The minimum Gasteiger partial charge on any atom is -0.451 e. The van der Waals surface area contributed by atoms with Crippen LogP contribution in [0.25, 0.3) is 11.0 Å². The lowest BCUT2D eigenvalue weighted by Gasteiger charge is -2.32. The maximum absolute atomic E-state index is 13.1. The smallest absolute Gasteiger partial charge is 0.289 e. The number of amides is 1. The lowest BCUT2D eigenvalue weighted by atomic mass is 10.1. The molecule has 5 nitrogen and oxygen atoms in total. The molecule has 0 spiro atoms. The number of furan rings is 1. The summed E-state index contributed by atoms with van der Waals surface area (Å²) in [5, 5.41) is 1.00. The predicted molar refractivity (Wildman–Crippen MR) is 104 cm³/mol. The van der Waals surface area contributed by atoms with Crippen molar-refractivity contribution in [2.45, 2.75) is 39.4 Å². The summed E-state index contributed by atoms with van der Waals surface area (Å²) in [7, 11) is 0. The number of fused-ring (bicyclic) bond motifs is 1. The molecular formula is C22H24N2O3. The Bertz CT molecular complexity index is 949. The Morgan fingerprint density at radius 2 is 2.19 bits per heavy atom. The van der Waals surface area contributed by atoms with E-state index in [0.717, 1.165) is 47.2 Å². The van der Waals surface area contributed by atoms with E-state index in [1.807, 2.05) is 55.1 Å². The summed E-state index contributed by atoms with van der Waals surface area (Å²) in [5.41, 5.74) is 3.71. The van der Waals surface area contributed by atoms with Gasteiger partial charge < -0.3 is 14.1 Å². The Kier molecular flexibility index (Phi) is 4.94. The average molecular weight is 364 g/mol. The number of hydrogen-bond acceptors (Lipinski definition) is 4. The SMILES string of the molecule is Cc1ccc2c(C)c(C(=O)N3CCC[C@H](OCc4ccccn4)C3)oc2c1. The normalized spacial score (nSPS) is 17.4. The van der Waals surface area contributed by atoms with Crippen LogP contribution in [-0.2, 0) is 11.3 Å². The van der Waals surface area contributed by atoms with E-state index in [0.29, 0.717) is 18.9 Å². The van der Waals surface area contributed by atoms with Gasteiger partial charge in [-0.25, -0.2) is 0 Å². The van der Waals surface area contributed by atoms with E-state index in [1.165, 1.54) is 0 Å². The maximum atomic E-state index is 13.1. The van der Waals surface area contributed by atoms with Crippen LogP contribution in [0.5, 0.6) is 0 Å². The van der Waals surface area contributed by atoms with Gasteiger partial charge in [-0.1, -0.05) is 18.2 Å². The third-order valence-electron chi connectivity index (χ3n) is 5.15. The molecule has 2 aromatic heterocycles. The largest absolute Gasteiger partial charge is 0.451 e. The fourth-order valence-corrected chi connectivity index (χ4v) is 3.63. The van der Waals surface area contributed by atoms with Crippen molar-refractivity contribution in [2.75, 3.05) is 13.1 Å². The molecule has 0 aliphatic carbocycles. The van der Waals surface area contributed by atoms with Crippen LogP contribution in [-0.4, -0.2) is 35.0 Å². The number of hydrogen-bond donors (Lipinski definition) is 0.